The van der Waals surface area contributed by atoms with Crippen LogP contribution in [0.1, 0.15) is 18.4 Å². The predicted molar refractivity (Wildman–Crippen MR) is 96.5 cm³/mol. The number of hydrogen-bond donors (Lipinski definition) is 1. The van der Waals surface area contributed by atoms with E-state index in [1.165, 1.54) is 16.0 Å². The highest BCUT2D eigenvalue weighted by atomic mass is 127. The summed E-state index contributed by atoms with van der Waals surface area (Å²) >= 11 is 6.99. The number of hydrogen-bond acceptors (Lipinski definition) is 1. The van der Waals surface area contributed by atoms with E-state index in [9.17, 15) is 0 Å². The van der Waals surface area contributed by atoms with Crippen molar-refractivity contribution in [1.29, 1.82) is 0 Å². The van der Waals surface area contributed by atoms with Crippen LogP contribution < -0.4 is 0 Å². The summed E-state index contributed by atoms with van der Waals surface area (Å²) in [6, 6.07) is 10.5. The van der Waals surface area contributed by atoms with Crippen LogP contribution in [0.4, 0.5) is 0 Å². The molecule has 0 saturated heterocycles. The fourth-order valence-electron chi connectivity index (χ4n) is 2.20. The zero-order valence-corrected chi connectivity index (χ0v) is 13.7. The first-order chi connectivity index (χ1) is 9.33. The summed E-state index contributed by atoms with van der Waals surface area (Å²) < 4.78 is 2.02. The molecular weight excluding hydrogens is 363 g/mol. The highest BCUT2D eigenvalue weighted by Crippen LogP contribution is 2.35. The van der Waals surface area contributed by atoms with Gasteiger partial charge < -0.3 is 0 Å². The van der Waals surface area contributed by atoms with E-state index in [2.05, 4.69) is 77.2 Å². The molecule has 1 aliphatic rings. The van der Waals surface area contributed by atoms with Crippen molar-refractivity contribution in [3.63, 3.8) is 0 Å². The second-order valence-corrected chi connectivity index (χ2v) is 5.68. The Morgan fingerprint density at radius 1 is 1.21 bits per heavy atom. The van der Waals surface area contributed by atoms with Crippen molar-refractivity contribution in [2.75, 3.05) is 0 Å². The van der Waals surface area contributed by atoms with Crippen LogP contribution in [-0.2, 0) is 0 Å². The van der Waals surface area contributed by atoms with E-state index in [4.69, 9.17) is 12.6 Å². The van der Waals surface area contributed by atoms with Crippen molar-refractivity contribution < 1.29 is 0 Å². The molecule has 1 aromatic carbocycles. The van der Waals surface area contributed by atoms with Crippen LogP contribution in [0, 0.1) is 5.92 Å². The third kappa shape index (κ3) is 4.11. The fourth-order valence-corrected chi connectivity index (χ4v) is 2.85. The van der Waals surface area contributed by atoms with Crippen LogP contribution in [0.2, 0.25) is 0 Å². The maximum atomic E-state index is 4.76. The van der Waals surface area contributed by atoms with E-state index in [0.29, 0.717) is 5.92 Å². The van der Waals surface area contributed by atoms with E-state index < -0.39 is 0 Å². The maximum absolute atomic E-state index is 4.76. The molecule has 0 aromatic heterocycles. The lowest BCUT2D eigenvalue weighted by atomic mass is 9.90. The van der Waals surface area contributed by atoms with Gasteiger partial charge in [0.05, 0.1) is 0 Å². The molecule has 0 bridgehead atoms. The van der Waals surface area contributed by atoms with Gasteiger partial charge in [-0.05, 0) is 38.9 Å². The summed E-state index contributed by atoms with van der Waals surface area (Å²) in [7, 11) is 0. The number of benzene rings is 1. The van der Waals surface area contributed by atoms with Gasteiger partial charge in [0.25, 0.3) is 0 Å². The molecule has 1 aliphatic carbocycles. The SMILES string of the molecule is SC1=C(c2ccccc2)C=CC[C@@H]1C/C=C\C=C/I. The van der Waals surface area contributed by atoms with Crippen molar-refractivity contribution in [1.82, 2.24) is 0 Å². The molecule has 1 atom stereocenters. The van der Waals surface area contributed by atoms with Gasteiger partial charge >= 0.3 is 0 Å². The minimum absolute atomic E-state index is 0.502. The zero-order chi connectivity index (χ0) is 13.5. The molecule has 0 heterocycles. The molecular formula is C17H17IS. The summed E-state index contributed by atoms with van der Waals surface area (Å²) in [4.78, 5) is 1.21. The van der Waals surface area contributed by atoms with Crippen molar-refractivity contribution >= 4 is 40.8 Å². The van der Waals surface area contributed by atoms with E-state index in [-0.39, 0.29) is 0 Å². The quantitative estimate of drug-likeness (QED) is 0.381. The number of rotatable bonds is 4. The van der Waals surface area contributed by atoms with Gasteiger partial charge in [0.1, 0.15) is 0 Å². The lowest BCUT2D eigenvalue weighted by Gasteiger charge is -2.21. The van der Waals surface area contributed by atoms with Crippen molar-refractivity contribution in [3.8, 4) is 0 Å². The van der Waals surface area contributed by atoms with Crippen molar-refractivity contribution in [2.24, 2.45) is 5.92 Å². The minimum atomic E-state index is 0.502. The van der Waals surface area contributed by atoms with Crippen molar-refractivity contribution in [2.45, 2.75) is 12.8 Å². The second kappa shape index (κ2) is 7.75. The lowest BCUT2D eigenvalue weighted by molar-refractivity contribution is 0.662. The number of thiol groups is 1. The molecule has 1 aromatic rings. The molecule has 0 saturated carbocycles. The molecule has 0 fully saturated rings. The molecule has 0 N–H and O–H groups in total. The molecule has 0 amide bonds. The van der Waals surface area contributed by atoms with E-state index in [0.717, 1.165) is 12.8 Å². The largest absolute Gasteiger partial charge is 0.147 e. The molecule has 2 rings (SSSR count). The summed E-state index contributed by atoms with van der Waals surface area (Å²) in [6.45, 7) is 0. The predicted octanol–water partition coefficient (Wildman–Crippen LogP) is 5.80. The Morgan fingerprint density at radius 2 is 2.00 bits per heavy atom. The Kier molecular flexibility index (Phi) is 5.98. The highest BCUT2D eigenvalue weighted by molar-refractivity contribution is 14.1. The van der Waals surface area contributed by atoms with Crippen molar-refractivity contribution in [3.05, 3.63) is 75.3 Å². The van der Waals surface area contributed by atoms with Crippen LogP contribution >= 0.6 is 35.2 Å². The normalized spacial score (nSPS) is 19.8. The first kappa shape index (κ1) is 14.7. The Hall–Kier alpha value is -0.740. The van der Waals surface area contributed by atoms with Crippen LogP contribution in [0.25, 0.3) is 5.57 Å². The Balaban J connectivity index is 2.16. The molecule has 0 aliphatic heterocycles. The summed E-state index contributed by atoms with van der Waals surface area (Å²) in [6.07, 6.45) is 13.0. The van der Waals surface area contributed by atoms with Crippen LogP contribution in [-0.4, -0.2) is 0 Å². The first-order valence-electron chi connectivity index (χ1n) is 6.40. The first-order valence-corrected chi connectivity index (χ1v) is 8.09. The van der Waals surface area contributed by atoms with Crippen LogP contribution in [0.15, 0.2) is 69.7 Å². The smallest absolute Gasteiger partial charge is 0.00290 e. The van der Waals surface area contributed by atoms with Gasteiger partial charge in [0.15, 0.2) is 0 Å². The van der Waals surface area contributed by atoms with E-state index in [1.807, 2.05) is 10.1 Å². The van der Waals surface area contributed by atoms with Gasteiger partial charge in [-0.3, -0.25) is 0 Å². The third-order valence-electron chi connectivity index (χ3n) is 3.19. The Bertz CT molecular complexity index is 523. The highest BCUT2D eigenvalue weighted by Gasteiger charge is 2.16. The Labute approximate surface area is 134 Å². The van der Waals surface area contributed by atoms with E-state index >= 15 is 0 Å². The average molecular weight is 380 g/mol. The van der Waals surface area contributed by atoms with Gasteiger partial charge in [0.2, 0.25) is 0 Å². The second-order valence-electron chi connectivity index (χ2n) is 4.48. The van der Waals surface area contributed by atoms with Crippen LogP contribution in [0.3, 0.4) is 0 Å². The molecule has 0 radical (unpaired) electrons. The molecule has 2 heteroatoms. The molecule has 19 heavy (non-hydrogen) atoms. The average Bonchev–Trinajstić information content (AvgIpc) is 2.46. The lowest BCUT2D eigenvalue weighted by Crippen LogP contribution is -2.04. The molecule has 98 valence electrons. The summed E-state index contributed by atoms with van der Waals surface area (Å²) in [5.41, 5.74) is 2.52. The third-order valence-corrected chi connectivity index (χ3v) is 4.21. The Morgan fingerprint density at radius 3 is 2.74 bits per heavy atom. The van der Waals surface area contributed by atoms with Gasteiger partial charge in [-0.15, -0.1) is 12.6 Å². The van der Waals surface area contributed by atoms with E-state index in [1.54, 1.807) is 0 Å². The monoisotopic (exact) mass is 380 g/mol. The standard InChI is InChI=1S/C17H17IS/c18-13-6-2-5-10-15-11-7-12-16(17(15)19)14-8-3-1-4-9-14/h1-9,12-13,15,19H,10-11H2/b5-2-,13-6-/t15-/m0/s1. The molecule has 0 nitrogen and oxygen atoms in total. The minimum Gasteiger partial charge on any atom is -0.147 e. The summed E-state index contributed by atoms with van der Waals surface area (Å²) in [5, 5.41) is 0. The van der Waals surface area contributed by atoms with Gasteiger partial charge in [-0.25, -0.2) is 0 Å². The number of allylic oxidation sites excluding steroid dienone is 7. The topological polar surface area (TPSA) is 0 Å². The zero-order valence-electron chi connectivity index (χ0n) is 10.7. The fraction of sp³-hybridized carbons (Fsp3) is 0.176. The van der Waals surface area contributed by atoms with Gasteiger partial charge in [0, 0.05) is 0 Å². The molecule has 0 unspecified atom stereocenters. The molecule has 0 spiro atoms. The van der Waals surface area contributed by atoms with Gasteiger partial charge in [-0.2, -0.15) is 0 Å². The van der Waals surface area contributed by atoms with Gasteiger partial charge in [-0.1, -0.05) is 83.3 Å². The number of halogens is 1. The van der Waals surface area contributed by atoms with Crippen LogP contribution in [0.5, 0.6) is 0 Å². The summed E-state index contributed by atoms with van der Waals surface area (Å²) in [5.74, 6) is 0.502. The maximum Gasteiger partial charge on any atom is -0.00290 e.